The molecule has 0 bridgehead atoms. The van der Waals surface area contributed by atoms with E-state index in [1.165, 1.54) is 6.20 Å². The van der Waals surface area contributed by atoms with Crippen molar-refractivity contribution < 1.29 is 4.79 Å². The molecule has 2 aromatic carbocycles. The summed E-state index contributed by atoms with van der Waals surface area (Å²) in [6.45, 7) is 2.60. The number of para-hydroxylation sites is 1. The largest absolute Gasteiger partial charge is 0.354 e. The van der Waals surface area contributed by atoms with Gasteiger partial charge < -0.3 is 5.32 Å². The zero-order valence-corrected chi connectivity index (χ0v) is 16.8. The predicted octanol–water partition coefficient (Wildman–Crippen LogP) is 3.19. The summed E-state index contributed by atoms with van der Waals surface area (Å²) < 4.78 is 1.55. The number of carbonyl (C=O) groups excluding carboxylic acids is 1. The van der Waals surface area contributed by atoms with Gasteiger partial charge in [0.15, 0.2) is 0 Å². The van der Waals surface area contributed by atoms with Gasteiger partial charge in [-0.1, -0.05) is 36.4 Å². The fraction of sp³-hybridized carbons (Fsp3) is 0.182. The van der Waals surface area contributed by atoms with Crippen molar-refractivity contribution in [3.05, 3.63) is 80.9 Å². The molecule has 0 fully saturated rings. The van der Waals surface area contributed by atoms with Crippen molar-refractivity contribution in [2.45, 2.75) is 19.9 Å². The first-order chi connectivity index (χ1) is 14.1. The normalized spacial score (nSPS) is 10.9. The molecule has 2 aromatic heterocycles. The third kappa shape index (κ3) is 4.41. The van der Waals surface area contributed by atoms with Crippen molar-refractivity contribution in [1.82, 2.24) is 20.1 Å². The van der Waals surface area contributed by atoms with Crippen LogP contribution in [0.1, 0.15) is 10.6 Å². The van der Waals surface area contributed by atoms with Crippen LogP contribution in [0, 0.1) is 6.92 Å². The maximum atomic E-state index is 12.3. The Bertz CT molecular complexity index is 1210. The Kier molecular flexibility index (Phi) is 5.48. The highest BCUT2D eigenvalue weighted by molar-refractivity contribution is 7.09. The molecule has 0 spiro atoms. The molecule has 0 saturated carbocycles. The molecule has 0 unspecified atom stereocenters. The molecule has 1 amide bonds. The van der Waals surface area contributed by atoms with Crippen LogP contribution in [-0.2, 0) is 17.8 Å². The molecule has 6 nitrogen and oxygen atoms in total. The molecule has 0 saturated heterocycles. The summed E-state index contributed by atoms with van der Waals surface area (Å²) in [6.07, 6.45) is 1.99. The highest BCUT2D eigenvalue weighted by Crippen LogP contribution is 2.21. The van der Waals surface area contributed by atoms with Crippen molar-refractivity contribution in [2.75, 3.05) is 6.54 Å². The fourth-order valence-electron chi connectivity index (χ4n) is 3.16. The predicted molar refractivity (Wildman–Crippen MR) is 115 cm³/mol. The number of fused-ring (bicyclic) bond motifs is 1. The lowest BCUT2D eigenvalue weighted by Crippen LogP contribution is -2.30. The molecule has 29 heavy (non-hydrogen) atoms. The van der Waals surface area contributed by atoms with Gasteiger partial charge in [-0.15, -0.1) is 11.3 Å². The first-order valence-electron chi connectivity index (χ1n) is 9.33. The van der Waals surface area contributed by atoms with Gasteiger partial charge in [0, 0.05) is 22.9 Å². The van der Waals surface area contributed by atoms with Crippen molar-refractivity contribution in [1.29, 1.82) is 0 Å². The molecule has 7 heteroatoms. The number of carbonyl (C=O) groups is 1. The van der Waals surface area contributed by atoms with Gasteiger partial charge in [-0.05, 0) is 31.0 Å². The maximum absolute atomic E-state index is 12.3. The van der Waals surface area contributed by atoms with Crippen molar-refractivity contribution in [3.8, 4) is 11.3 Å². The lowest BCUT2D eigenvalue weighted by molar-refractivity contribution is -0.121. The van der Waals surface area contributed by atoms with Gasteiger partial charge in [-0.25, -0.2) is 4.98 Å². The second-order valence-corrected chi connectivity index (χ2v) is 7.79. The SMILES string of the molecule is Cc1nc(-c2ccc(CCNC(=O)Cn3ncc(=O)c4ccccc43)cc2)cs1. The van der Waals surface area contributed by atoms with E-state index in [1.807, 2.05) is 13.0 Å². The summed E-state index contributed by atoms with van der Waals surface area (Å²) in [7, 11) is 0. The number of aromatic nitrogens is 3. The summed E-state index contributed by atoms with van der Waals surface area (Å²) in [4.78, 5) is 28.7. The van der Waals surface area contributed by atoms with Crippen LogP contribution in [-0.4, -0.2) is 27.2 Å². The van der Waals surface area contributed by atoms with Crippen LogP contribution in [0.2, 0.25) is 0 Å². The Morgan fingerprint density at radius 1 is 1.14 bits per heavy atom. The second kappa shape index (κ2) is 8.36. The van der Waals surface area contributed by atoms with E-state index in [2.05, 4.69) is 45.0 Å². The summed E-state index contributed by atoms with van der Waals surface area (Å²) >= 11 is 1.64. The van der Waals surface area contributed by atoms with Crippen molar-refractivity contribution in [2.24, 2.45) is 0 Å². The molecule has 4 aromatic rings. The first-order valence-corrected chi connectivity index (χ1v) is 10.2. The average molecular weight is 404 g/mol. The lowest BCUT2D eigenvalue weighted by Gasteiger charge is -2.10. The Hall–Kier alpha value is -3.32. The molecule has 0 radical (unpaired) electrons. The van der Waals surface area contributed by atoms with Gasteiger partial charge in [0.05, 0.1) is 22.4 Å². The van der Waals surface area contributed by atoms with Crippen LogP contribution in [0.15, 0.2) is 64.9 Å². The van der Waals surface area contributed by atoms with Gasteiger partial charge in [0.2, 0.25) is 11.3 Å². The van der Waals surface area contributed by atoms with Crippen LogP contribution in [0.25, 0.3) is 22.2 Å². The second-order valence-electron chi connectivity index (χ2n) is 6.73. The lowest BCUT2D eigenvalue weighted by atomic mass is 10.1. The monoisotopic (exact) mass is 404 g/mol. The molecular weight excluding hydrogens is 384 g/mol. The third-order valence-electron chi connectivity index (χ3n) is 4.66. The Balaban J connectivity index is 1.34. The molecule has 0 atom stereocenters. The highest BCUT2D eigenvalue weighted by Gasteiger charge is 2.08. The van der Waals surface area contributed by atoms with Crippen LogP contribution >= 0.6 is 11.3 Å². The van der Waals surface area contributed by atoms with E-state index in [-0.39, 0.29) is 17.9 Å². The van der Waals surface area contributed by atoms with E-state index < -0.39 is 0 Å². The standard InChI is InChI=1S/C22H20N4O2S/c1-15-25-19(14-29-15)17-8-6-16(7-9-17)10-11-23-22(28)13-26-20-5-3-2-4-18(20)21(27)12-24-26/h2-9,12,14H,10-11,13H2,1H3,(H,23,28). The smallest absolute Gasteiger partial charge is 0.241 e. The summed E-state index contributed by atoms with van der Waals surface area (Å²) in [5.74, 6) is -0.138. The average Bonchev–Trinajstić information content (AvgIpc) is 3.17. The minimum absolute atomic E-state index is 0.0723. The topological polar surface area (TPSA) is 76.9 Å². The summed E-state index contributed by atoms with van der Waals surface area (Å²) in [6, 6.07) is 15.4. The summed E-state index contributed by atoms with van der Waals surface area (Å²) in [5, 5.41) is 10.7. The minimum Gasteiger partial charge on any atom is -0.354 e. The first kappa shape index (κ1) is 19.0. The van der Waals surface area contributed by atoms with Gasteiger partial charge in [-0.3, -0.25) is 14.3 Å². The van der Waals surface area contributed by atoms with Gasteiger partial charge >= 0.3 is 0 Å². The zero-order valence-electron chi connectivity index (χ0n) is 16.0. The van der Waals surface area contributed by atoms with E-state index in [0.717, 1.165) is 28.2 Å². The molecule has 0 aliphatic heterocycles. The van der Waals surface area contributed by atoms with E-state index in [4.69, 9.17) is 0 Å². The number of benzene rings is 2. The number of thiazole rings is 1. The quantitative estimate of drug-likeness (QED) is 0.535. The number of amides is 1. The highest BCUT2D eigenvalue weighted by atomic mass is 32.1. The van der Waals surface area contributed by atoms with Gasteiger partial charge in [-0.2, -0.15) is 5.10 Å². The molecule has 0 aliphatic rings. The van der Waals surface area contributed by atoms with E-state index >= 15 is 0 Å². The minimum atomic E-state index is -0.145. The molecule has 1 N–H and O–H groups in total. The maximum Gasteiger partial charge on any atom is 0.241 e. The van der Waals surface area contributed by atoms with E-state index in [0.29, 0.717) is 17.4 Å². The molecule has 4 rings (SSSR count). The number of aryl methyl sites for hydroxylation is 1. The van der Waals surface area contributed by atoms with Crippen LogP contribution in [0.4, 0.5) is 0 Å². The number of nitrogens with one attached hydrogen (secondary N) is 1. The Labute approximate surface area is 171 Å². The summed E-state index contributed by atoms with van der Waals surface area (Å²) in [5.41, 5.74) is 3.75. The van der Waals surface area contributed by atoms with Gasteiger partial charge in [0.1, 0.15) is 6.54 Å². The van der Waals surface area contributed by atoms with Crippen LogP contribution in [0.3, 0.4) is 0 Å². The van der Waals surface area contributed by atoms with Crippen molar-refractivity contribution >= 4 is 28.1 Å². The number of hydrogen-bond donors (Lipinski definition) is 1. The van der Waals surface area contributed by atoms with Crippen molar-refractivity contribution in [3.63, 3.8) is 0 Å². The molecule has 2 heterocycles. The fourth-order valence-corrected chi connectivity index (χ4v) is 3.79. The molecule has 146 valence electrons. The zero-order chi connectivity index (χ0) is 20.2. The van der Waals surface area contributed by atoms with Crippen LogP contribution < -0.4 is 10.7 Å². The van der Waals surface area contributed by atoms with E-state index in [1.54, 1.807) is 34.2 Å². The van der Waals surface area contributed by atoms with Gasteiger partial charge in [0.25, 0.3) is 0 Å². The molecular formula is C22H20N4O2S. The Morgan fingerprint density at radius 2 is 1.93 bits per heavy atom. The van der Waals surface area contributed by atoms with Crippen LogP contribution in [0.5, 0.6) is 0 Å². The number of hydrogen-bond acceptors (Lipinski definition) is 5. The third-order valence-corrected chi connectivity index (χ3v) is 5.43. The molecule has 0 aliphatic carbocycles. The Morgan fingerprint density at radius 3 is 2.69 bits per heavy atom. The van der Waals surface area contributed by atoms with E-state index in [9.17, 15) is 9.59 Å². The number of nitrogens with zero attached hydrogens (tertiary/aromatic N) is 3. The number of rotatable bonds is 6.